The summed E-state index contributed by atoms with van der Waals surface area (Å²) in [5, 5.41) is 0. The van der Waals surface area contributed by atoms with Crippen LogP contribution in [-0.4, -0.2) is 37.1 Å². The van der Waals surface area contributed by atoms with E-state index in [0.717, 1.165) is 0 Å². The van der Waals surface area contributed by atoms with Crippen LogP contribution in [0.15, 0.2) is 12.7 Å². The fourth-order valence-electron chi connectivity index (χ4n) is 1.03. The summed E-state index contributed by atoms with van der Waals surface area (Å²) in [6.07, 6.45) is 7.52. The van der Waals surface area contributed by atoms with Gasteiger partial charge in [0.2, 0.25) is 0 Å². The molecule has 14 heavy (non-hydrogen) atoms. The quantitative estimate of drug-likeness (QED) is 0.345. The van der Waals surface area contributed by atoms with Crippen molar-refractivity contribution in [3.05, 3.63) is 12.7 Å². The van der Waals surface area contributed by atoms with Crippen LogP contribution in [0.5, 0.6) is 0 Å². The van der Waals surface area contributed by atoms with Crippen LogP contribution in [0.1, 0.15) is 13.3 Å². The first-order valence-electron chi connectivity index (χ1n) is 4.66. The van der Waals surface area contributed by atoms with Gasteiger partial charge in [-0.3, -0.25) is 9.69 Å². The minimum atomic E-state index is -0.216. The van der Waals surface area contributed by atoms with E-state index >= 15 is 0 Å². The van der Waals surface area contributed by atoms with Crippen molar-refractivity contribution < 1.29 is 9.53 Å². The highest BCUT2D eigenvalue weighted by molar-refractivity contribution is 5.71. The third kappa shape index (κ3) is 6.27. The molecular formula is C11H17NO2. The molecule has 3 heteroatoms. The summed E-state index contributed by atoms with van der Waals surface area (Å²) < 4.78 is 4.83. The molecule has 0 fully saturated rings. The molecule has 0 radical (unpaired) electrons. The molecule has 0 aliphatic rings. The second-order valence-electron chi connectivity index (χ2n) is 2.78. The van der Waals surface area contributed by atoms with Crippen LogP contribution in [0, 0.1) is 12.3 Å². The third-order valence-electron chi connectivity index (χ3n) is 1.62. The number of hydrogen-bond acceptors (Lipinski definition) is 3. The summed E-state index contributed by atoms with van der Waals surface area (Å²) in [5.41, 5.74) is 0. The summed E-state index contributed by atoms with van der Waals surface area (Å²) in [4.78, 5) is 13.0. The summed E-state index contributed by atoms with van der Waals surface area (Å²) in [6.45, 7) is 7.45. The standard InChI is InChI=1S/C11H17NO2/c1-4-7-9-12(8-5-2)10-11(13)14-6-3/h1,5H,2,6-10H2,3H3. The first-order valence-corrected chi connectivity index (χ1v) is 4.66. The predicted molar refractivity (Wildman–Crippen MR) is 56.7 cm³/mol. The van der Waals surface area contributed by atoms with Crippen LogP contribution in [0.4, 0.5) is 0 Å². The van der Waals surface area contributed by atoms with Crippen molar-refractivity contribution in [1.82, 2.24) is 4.90 Å². The monoisotopic (exact) mass is 195 g/mol. The Bertz CT molecular complexity index is 218. The normalized spacial score (nSPS) is 9.50. The largest absolute Gasteiger partial charge is 0.465 e. The minimum absolute atomic E-state index is 0.216. The number of ether oxygens (including phenoxy) is 1. The minimum Gasteiger partial charge on any atom is -0.465 e. The zero-order valence-corrected chi connectivity index (χ0v) is 8.66. The second-order valence-corrected chi connectivity index (χ2v) is 2.78. The van der Waals surface area contributed by atoms with Crippen molar-refractivity contribution in [3.63, 3.8) is 0 Å². The van der Waals surface area contributed by atoms with Crippen LogP contribution in [-0.2, 0) is 9.53 Å². The van der Waals surface area contributed by atoms with E-state index in [0.29, 0.717) is 26.1 Å². The average molecular weight is 195 g/mol. The van der Waals surface area contributed by atoms with Gasteiger partial charge in [0.05, 0.1) is 13.2 Å². The molecule has 0 saturated carbocycles. The van der Waals surface area contributed by atoms with Crippen molar-refractivity contribution in [2.75, 3.05) is 26.2 Å². The van der Waals surface area contributed by atoms with E-state index in [1.54, 1.807) is 13.0 Å². The van der Waals surface area contributed by atoms with Gasteiger partial charge in [-0.15, -0.1) is 18.9 Å². The molecule has 3 nitrogen and oxygen atoms in total. The van der Waals surface area contributed by atoms with E-state index < -0.39 is 0 Å². The highest BCUT2D eigenvalue weighted by Crippen LogP contribution is 1.93. The van der Waals surface area contributed by atoms with Crippen molar-refractivity contribution in [2.45, 2.75) is 13.3 Å². The lowest BCUT2D eigenvalue weighted by molar-refractivity contribution is -0.144. The smallest absolute Gasteiger partial charge is 0.320 e. The van der Waals surface area contributed by atoms with Crippen molar-refractivity contribution in [1.29, 1.82) is 0 Å². The first kappa shape index (κ1) is 12.7. The fourth-order valence-corrected chi connectivity index (χ4v) is 1.03. The average Bonchev–Trinajstić information content (AvgIpc) is 2.15. The van der Waals surface area contributed by atoms with Gasteiger partial charge in [0.1, 0.15) is 0 Å². The summed E-state index contributed by atoms with van der Waals surface area (Å²) in [5.74, 6) is 2.32. The SMILES string of the molecule is C#CCCN(CC=C)CC(=O)OCC. The molecule has 0 rings (SSSR count). The Labute approximate surface area is 85.7 Å². The van der Waals surface area contributed by atoms with Gasteiger partial charge < -0.3 is 4.74 Å². The Kier molecular flexibility index (Phi) is 7.58. The number of rotatable bonds is 7. The molecule has 0 aromatic rings. The zero-order valence-electron chi connectivity index (χ0n) is 8.66. The molecule has 0 atom stereocenters. The molecule has 0 saturated heterocycles. The van der Waals surface area contributed by atoms with Gasteiger partial charge in [-0.1, -0.05) is 6.08 Å². The Balaban J connectivity index is 3.88. The van der Waals surface area contributed by atoms with Crippen LogP contribution >= 0.6 is 0 Å². The van der Waals surface area contributed by atoms with E-state index in [2.05, 4.69) is 12.5 Å². The number of hydrogen-bond donors (Lipinski definition) is 0. The molecular weight excluding hydrogens is 178 g/mol. The maximum absolute atomic E-state index is 11.1. The lowest BCUT2D eigenvalue weighted by Crippen LogP contribution is -2.32. The fraction of sp³-hybridized carbons (Fsp3) is 0.545. The van der Waals surface area contributed by atoms with E-state index in [9.17, 15) is 4.79 Å². The lowest BCUT2D eigenvalue weighted by Gasteiger charge is -2.17. The van der Waals surface area contributed by atoms with Gasteiger partial charge in [0.15, 0.2) is 0 Å². The molecule has 0 amide bonds. The highest BCUT2D eigenvalue weighted by Gasteiger charge is 2.08. The Hall–Kier alpha value is -1.27. The maximum atomic E-state index is 11.1. The molecule has 0 heterocycles. The predicted octanol–water partition coefficient (Wildman–Crippen LogP) is 1.06. The number of esters is 1. The van der Waals surface area contributed by atoms with Crippen molar-refractivity contribution >= 4 is 5.97 Å². The van der Waals surface area contributed by atoms with E-state index in [1.807, 2.05) is 4.90 Å². The summed E-state index contributed by atoms with van der Waals surface area (Å²) in [7, 11) is 0. The van der Waals surface area contributed by atoms with Crippen molar-refractivity contribution in [3.8, 4) is 12.3 Å². The van der Waals surface area contributed by atoms with Gasteiger partial charge in [0.25, 0.3) is 0 Å². The summed E-state index contributed by atoms with van der Waals surface area (Å²) >= 11 is 0. The Morgan fingerprint density at radius 3 is 2.93 bits per heavy atom. The molecule has 78 valence electrons. The molecule has 0 bridgehead atoms. The Morgan fingerprint density at radius 1 is 1.71 bits per heavy atom. The van der Waals surface area contributed by atoms with E-state index in [1.165, 1.54) is 0 Å². The molecule has 0 spiro atoms. The number of carbonyl (C=O) groups excluding carboxylic acids is 1. The van der Waals surface area contributed by atoms with Gasteiger partial charge in [0, 0.05) is 19.5 Å². The van der Waals surface area contributed by atoms with Crippen LogP contribution in [0.25, 0.3) is 0 Å². The summed E-state index contributed by atoms with van der Waals surface area (Å²) in [6, 6.07) is 0. The van der Waals surface area contributed by atoms with Crippen LogP contribution in [0.2, 0.25) is 0 Å². The van der Waals surface area contributed by atoms with Gasteiger partial charge in [-0.25, -0.2) is 0 Å². The lowest BCUT2D eigenvalue weighted by atomic mass is 10.3. The third-order valence-corrected chi connectivity index (χ3v) is 1.62. The van der Waals surface area contributed by atoms with E-state index in [4.69, 9.17) is 11.2 Å². The second kappa shape index (κ2) is 8.33. The highest BCUT2D eigenvalue weighted by atomic mass is 16.5. The maximum Gasteiger partial charge on any atom is 0.320 e. The van der Waals surface area contributed by atoms with Gasteiger partial charge >= 0.3 is 5.97 Å². The molecule has 0 N–H and O–H groups in total. The van der Waals surface area contributed by atoms with Crippen molar-refractivity contribution in [2.24, 2.45) is 0 Å². The molecule has 0 unspecified atom stereocenters. The first-order chi connectivity index (χ1) is 6.74. The van der Waals surface area contributed by atoms with Crippen LogP contribution < -0.4 is 0 Å². The zero-order chi connectivity index (χ0) is 10.8. The molecule has 0 aromatic heterocycles. The number of nitrogens with zero attached hydrogens (tertiary/aromatic N) is 1. The number of carbonyl (C=O) groups is 1. The van der Waals surface area contributed by atoms with Gasteiger partial charge in [-0.2, -0.15) is 0 Å². The van der Waals surface area contributed by atoms with Crippen LogP contribution in [0.3, 0.4) is 0 Å². The van der Waals surface area contributed by atoms with Gasteiger partial charge in [-0.05, 0) is 6.92 Å². The topological polar surface area (TPSA) is 29.5 Å². The Morgan fingerprint density at radius 2 is 2.43 bits per heavy atom. The number of terminal acetylenes is 1. The molecule has 0 aliphatic carbocycles. The molecule has 0 aromatic carbocycles. The van der Waals surface area contributed by atoms with E-state index in [-0.39, 0.29) is 12.5 Å². The molecule has 0 aliphatic heterocycles.